The highest BCUT2D eigenvalue weighted by Crippen LogP contribution is 2.23. The zero-order chi connectivity index (χ0) is 17.5. The Bertz CT molecular complexity index is 677. The summed E-state index contributed by atoms with van der Waals surface area (Å²) in [6, 6.07) is 8.12. The molecule has 1 heterocycles. The maximum Gasteiger partial charge on any atom is 0.274 e. The van der Waals surface area contributed by atoms with Crippen molar-refractivity contribution in [1.29, 1.82) is 0 Å². The molecule has 0 fully saturated rings. The quantitative estimate of drug-likeness (QED) is 0.805. The average molecular weight is 326 g/mol. The van der Waals surface area contributed by atoms with Gasteiger partial charge in [-0.25, -0.2) is 9.97 Å². The number of amides is 1. The van der Waals surface area contributed by atoms with E-state index in [1.165, 1.54) is 6.33 Å². The van der Waals surface area contributed by atoms with Crippen LogP contribution in [0.15, 0.2) is 30.6 Å². The van der Waals surface area contributed by atoms with E-state index in [9.17, 15) is 4.79 Å². The van der Waals surface area contributed by atoms with Crippen molar-refractivity contribution in [1.82, 2.24) is 9.97 Å². The lowest BCUT2D eigenvalue weighted by molar-refractivity contribution is 0.102. The topological polar surface area (TPSA) is 66.9 Å². The van der Waals surface area contributed by atoms with Gasteiger partial charge in [0.25, 0.3) is 5.91 Å². The summed E-state index contributed by atoms with van der Waals surface area (Å²) in [5.74, 6) is 0.462. The van der Waals surface area contributed by atoms with Crippen LogP contribution in [0, 0.1) is 0 Å². The molecule has 5 heteroatoms. The predicted molar refractivity (Wildman–Crippen MR) is 98.6 cm³/mol. The highest BCUT2D eigenvalue weighted by atomic mass is 16.1. The molecule has 2 aromatic rings. The highest BCUT2D eigenvalue weighted by Gasteiger charge is 2.14. The van der Waals surface area contributed by atoms with Crippen LogP contribution in [0.5, 0.6) is 0 Å². The molecule has 2 rings (SSSR count). The first-order valence-electron chi connectivity index (χ1n) is 8.59. The Labute approximate surface area is 143 Å². The minimum atomic E-state index is -0.208. The van der Waals surface area contributed by atoms with Gasteiger partial charge in [-0.3, -0.25) is 4.79 Å². The minimum Gasteiger partial charge on any atom is -0.368 e. The van der Waals surface area contributed by atoms with E-state index in [1.807, 2.05) is 18.2 Å². The van der Waals surface area contributed by atoms with Crippen molar-refractivity contribution in [3.63, 3.8) is 0 Å². The number of rotatable bonds is 7. The van der Waals surface area contributed by atoms with E-state index in [2.05, 4.69) is 48.3 Å². The molecular formula is C19H26N4O. The fourth-order valence-electron chi connectivity index (χ4n) is 2.50. The van der Waals surface area contributed by atoms with E-state index < -0.39 is 0 Å². The van der Waals surface area contributed by atoms with Crippen LogP contribution in [0.2, 0.25) is 0 Å². The summed E-state index contributed by atoms with van der Waals surface area (Å²) in [5.41, 5.74) is 3.54. The summed E-state index contributed by atoms with van der Waals surface area (Å²) in [7, 11) is 0. The second-order valence-electron chi connectivity index (χ2n) is 5.85. The lowest BCUT2D eigenvalue weighted by Gasteiger charge is -2.15. The van der Waals surface area contributed by atoms with Gasteiger partial charge in [0, 0.05) is 17.8 Å². The molecule has 0 saturated heterocycles. The fraction of sp³-hybridized carbons (Fsp3) is 0.421. The third-order valence-electron chi connectivity index (χ3n) is 4.14. The molecule has 0 radical (unpaired) electrons. The second kappa shape index (κ2) is 8.43. The maximum absolute atomic E-state index is 12.6. The van der Waals surface area contributed by atoms with Gasteiger partial charge in [-0.2, -0.15) is 0 Å². The molecule has 0 aliphatic heterocycles. The van der Waals surface area contributed by atoms with E-state index in [0.29, 0.717) is 17.6 Å². The molecule has 5 nitrogen and oxygen atoms in total. The van der Waals surface area contributed by atoms with Gasteiger partial charge < -0.3 is 10.6 Å². The van der Waals surface area contributed by atoms with Crippen molar-refractivity contribution in [2.75, 3.05) is 10.6 Å². The van der Waals surface area contributed by atoms with Crippen molar-refractivity contribution in [3.8, 4) is 0 Å². The molecule has 1 atom stereocenters. The highest BCUT2D eigenvalue weighted by molar-refractivity contribution is 6.04. The van der Waals surface area contributed by atoms with Gasteiger partial charge in [-0.05, 0) is 37.3 Å². The van der Waals surface area contributed by atoms with Crippen LogP contribution in [0.25, 0.3) is 0 Å². The number of benzene rings is 1. The molecule has 0 saturated carbocycles. The number of aromatic nitrogens is 2. The average Bonchev–Trinajstić information content (AvgIpc) is 2.61. The van der Waals surface area contributed by atoms with Crippen LogP contribution in [0.4, 0.5) is 11.5 Å². The Morgan fingerprint density at radius 3 is 2.38 bits per heavy atom. The van der Waals surface area contributed by atoms with E-state index in [-0.39, 0.29) is 5.91 Å². The lowest BCUT2D eigenvalue weighted by Crippen LogP contribution is -2.18. The molecule has 128 valence electrons. The number of nitrogens with one attached hydrogen (secondary N) is 2. The maximum atomic E-state index is 12.6. The molecule has 1 aromatic carbocycles. The summed E-state index contributed by atoms with van der Waals surface area (Å²) in [6.07, 6.45) is 4.14. The van der Waals surface area contributed by atoms with Crippen LogP contribution in [-0.2, 0) is 12.8 Å². The smallest absolute Gasteiger partial charge is 0.274 e. The molecule has 1 aromatic heterocycles. The number of anilines is 2. The SMILES string of the molecule is CCc1cccc(CC)c1NC(=O)c1cc(NC(C)CC)ncn1. The van der Waals surface area contributed by atoms with Gasteiger partial charge in [0.2, 0.25) is 0 Å². The minimum absolute atomic E-state index is 0.208. The molecule has 0 spiro atoms. The molecular weight excluding hydrogens is 300 g/mol. The van der Waals surface area contributed by atoms with E-state index in [4.69, 9.17) is 0 Å². The van der Waals surface area contributed by atoms with Crippen molar-refractivity contribution in [2.24, 2.45) is 0 Å². The molecule has 1 unspecified atom stereocenters. The lowest BCUT2D eigenvalue weighted by atomic mass is 10.0. The van der Waals surface area contributed by atoms with Crippen LogP contribution in [0.1, 0.15) is 55.7 Å². The molecule has 1 amide bonds. The Kier molecular flexibility index (Phi) is 6.29. The molecule has 24 heavy (non-hydrogen) atoms. The van der Waals surface area contributed by atoms with Crippen molar-refractivity contribution >= 4 is 17.4 Å². The summed E-state index contributed by atoms with van der Waals surface area (Å²) < 4.78 is 0. The zero-order valence-electron chi connectivity index (χ0n) is 14.9. The van der Waals surface area contributed by atoms with Gasteiger partial charge in [0.1, 0.15) is 17.8 Å². The summed E-state index contributed by atoms with van der Waals surface area (Å²) in [6.45, 7) is 8.35. The second-order valence-corrected chi connectivity index (χ2v) is 5.85. The van der Waals surface area contributed by atoms with Crippen molar-refractivity contribution < 1.29 is 4.79 Å². The molecule has 0 bridgehead atoms. The van der Waals surface area contributed by atoms with Gasteiger partial charge in [-0.1, -0.05) is 39.0 Å². The Hall–Kier alpha value is -2.43. The third-order valence-corrected chi connectivity index (χ3v) is 4.14. The van der Waals surface area contributed by atoms with E-state index >= 15 is 0 Å². The number of hydrogen-bond acceptors (Lipinski definition) is 4. The van der Waals surface area contributed by atoms with Gasteiger partial charge in [-0.15, -0.1) is 0 Å². The molecule has 0 aliphatic rings. The largest absolute Gasteiger partial charge is 0.368 e. The van der Waals surface area contributed by atoms with Crippen molar-refractivity contribution in [2.45, 2.75) is 53.0 Å². The summed E-state index contributed by atoms with van der Waals surface area (Å²) in [4.78, 5) is 20.9. The summed E-state index contributed by atoms with van der Waals surface area (Å²) >= 11 is 0. The van der Waals surface area contributed by atoms with Crippen LogP contribution < -0.4 is 10.6 Å². The number of carbonyl (C=O) groups is 1. The molecule has 2 N–H and O–H groups in total. The summed E-state index contributed by atoms with van der Waals surface area (Å²) in [5, 5.41) is 6.30. The van der Waals surface area contributed by atoms with E-state index in [1.54, 1.807) is 6.07 Å². The van der Waals surface area contributed by atoms with Gasteiger partial charge in [0.05, 0.1) is 0 Å². The first kappa shape index (κ1) is 17.9. The first-order valence-corrected chi connectivity index (χ1v) is 8.59. The number of aryl methyl sites for hydroxylation is 2. The predicted octanol–water partition coefficient (Wildman–Crippen LogP) is 4.06. The normalized spacial score (nSPS) is 11.8. The van der Waals surface area contributed by atoms with Crippen LogP contribution in [-0.4, -0.2) is 21.9 Å². The van der Waals surface area contributed by atoms with E-state index in [0.717, 1.165) is 36.1 Å². The van der Waals surface area contributed by atoms with Crippen molar-refractivity contribution in [3.05, 3.63) is 47.4 Å². The van der Waals surface area contributed by atoms with Crippen LogP contribution >= 0.6 is 0 Å². The standard InChI is InChI=1S/C19H26N4O/c1-5-13(4)22-17-11-16(20-12-21-17)19(24)23-18-14(6-2)9-8-10-15(18)7-3/h8-13H,5-7H2,1-4H3,(H,23,24)(H,20,21,22). The fourth-order valence-corrected chi connectivity index (χ4v) is 2.50. The molecule has 0 aliphatic carbocycles. The third kappa shape index (κ3) is 4.31. The van der Waals surface area contributed by atoms with Crippen LogP contribution in [0.3, 0.4) is 0 Å². The Balaban J connectivity index is 2.23. The number of nitrogens with zero attached hydrogens (tertiary/aromatic N) is 2. The first-order chi connectivity index (χ1) is 11.6. The van der Waals surface area contributed by atoms with Gasteiger partial charge in [0.15, 0.2) is 0 Å². The monoisotopic (exact) mass is 326 g/mol. The number of carbonyl (C=O) groups excluding carboxylic acids is 1. The Morgan fingerprint density at radius 1 is 1.12 bits per heavy atom. The number of hydrogen-bond donors (Lipinski definition) is 2. The zero-order valence-corrected chi connectivity index (χ0v) is 14.9. The number of para-hydroxylation sites is 1. The van der Waals surface area contributed by atoms with Gasteiger partial charge >= 0.3 is 0 Å². The Morgan fingerprint density at radius 2 is 1.79 bits per heavy atom.